The number of aromatic amines is 2. The molecule has 0 aliphatic heterocycles. The van der Waals surface area contributed by atoms with Crippen LogP contribution >= 0.6 is 0 Å². The standard InChI is InChI=1S/C21H24N6O3/c1-12(24-20(29)18-17(22)19(28)26-21(30)25-18)13-5-4-6-14(9-13)15-10-23-27(11-15)16-7-2-3-8-16/h4-6,9-12,16H,2-3,7-8,22H2,1H3,(H,24,29)(H2,25,26,28,30). The Hall–Kier alpha value is -3.62. The average molecular weight is 408 g/mol. The summed E-state index contributed by atoms with van der Waals surface area (Å²) in [5, 5.41) is 7.30. The van der Waals surface area contributed by atoms with Crippen LogP contribution < -0.4 is 22.3 Å². The molecular formula is C21H24N6O3. The molecule has 1 atom stereocenters. The third-order valence-corrected chi connectivity index (χ3v) is 5.57. The second-order valence-corrected chi connectivity index (χ2v) is 7.66. The number of H-pyrrole nitrogens is 2. The predicted molar refractivity (Wildman–Crippen MR) is 113 cm³/mol. The second-order valence-electron chi connectivity index (χ2n) is 7.66. The second kappa shape index (κ2) is 8.02. The molecule has 1 fully saturated rings. The number of nitrogens with one attached hydrogen (secondary N) is 3. The highest BCUT2D eigenvalue weighted by Gasteiger charge is 2.19. The molecule has 0 radical (unpaired) electrons. The molecule has 1 saturated carbocycles. The zero-order valence-electron chi connectivity index (χ0n) is 16.6. The minimum Gasteiger partial charge on any atom is -0.392 e. The van der Waals surface area contributed by atoms with Crippen molar-refractivity contribution in [3.8, 4) is 11.1 Å². The Balaban J connectivity index is 1.53. The Labute approximate surface area is 172 Å². The van der Waals surface area contributed by atoms with Crippen LogP contribution in [0.2, 0.25) is 0 Å². The van der Waals surface area contributed by atoms with Crippen LogP contribution in [0.5, 0.6) is 0 Å². The van der Waals surface area contributed by atoms with Gasteiger partial charge in [0.15, 0.2) is 0 Å². The molecule has 2 heterocycles. The lowest BCUT2D eigenvalue weighted by Gasteiger charge is -2.15. The first-order chi connectivity index (χ1) is 14.4. The van der Waals surface area contributed by atoms with Crippen LogP contribution in [0.25, 0.3) is 11.1 Å². The van der Waals surface area contributed by atoms with Gasteiger partial charge in [0, 0.05) is 11.8 Å². The van der Waals surface area contributed by atoms with Crippen molar-refractivity contribution in [2.45, 2.75) is 44.7 Å². The number of nitrogens with zero attached hydrogens (tertiary/aromatic N) is 2. The molecule has 3 aromatic rings. The van der Waals surface area contributed by atoms with E-state index >= 15 is 0 Å². The molecular weight excluding hydrogens is 384 g/mol. The molecule has 2 aromatic heterocycles. The molecule has 1 unspecified atom stereocenters. The van der Waals surface area contributed by atoms with Gasteiger partial charge >= 0.3 is 5.69 Å². The first-order valence-corrected chi connectivity index (χ1v) is 10.00. The van der Waals surface area contributed by atoms with Crippen molar-refractivity contribution < 1.29 is 4.79 Å². The molecule has 1 aliphatic rings. The van der Waals surface area contributed by atoms with Gasteiger partial charge in [-0.05, 0) is 37.0 Å². The van der Waals surface area contributed by atoms with Crippen LogP contribution in [0.3, 0.4) is 0 Å². The lowest BCUT2D eigenvalue weighted by molar-refractivity contribution is 0.0935. The minimum absolute atomic E-state index is 0.246. The molecule has 5 N–H and O–H groups in total. The number of benzene rings is 1. The third kappa shape index (κ3) is 3.91. The Morgan fingerprint density at radius 2 is 2.00 bits per heavy atom. The zero-order chi connectivity index (χ0) is 21.3. The molecule has 30 heavy (non-hydrogen) atoms. The van der Waals surface area contributed by atoms with Crippen molar-refractivity contribution >= 4 is 11.6 Å². The van der Waals surface area contributed by atoms with Crippen molar-refractivity contribution in [3.05, 3.63) is 68.8 Å². The lowest BCUT2D eigenvalue weighted by atomic mass is 10.0. The van der Waals surface area contributed by atoms with E-state index in [4.69, 9.17) is 5.73 Å². The van der Waals surface area contributed by atoms with Gasteiger partial charge in [0.25, 0.3) is 11.5 Å². The van der Waals surface area contributed by atoms with Gasteiger partial charge in [-0.2, -0.15) is 5.10 Å². The van der Waals surface area contributed by atoms with Crippen LogP contribution in [0, 0.1) is 0 Å². The predicted octanol–water partition coefficient (Wildman–Crippen LogP) is 2.12. The number of hydrogen-bond donors (Lipinski definition) is 4. The van der Waals surface area contributed by atoms with Gasteiger partial charge in [-0.15, -0.1) is 0 Å². The summed E-state index contributed by atoms with van der Waals surface area (Å²) >= 11 is 0. The number of rotatable bonds is 5. The van der Waals surface area contributed by atoms with Gasteiger partial charge in [0.2, 0.25) is 0 Å². The topological polar surface area (TPSA) is 139 Å². The molecule has 156 valence electrons. The first kappa shape index (κ1) is 19.7. The summed E-state index contributed by atoms with van der Waals surface area (Å²) in [6.45, 7) is 1.82. The average Bonchev–Trinajstić information content (AvgIpc) is 3.42. The summed E-state index contributed by atoms with van der Waals surface area (Å²) in [7, 11) is 0. The monoisotopic (exact) mass is 408 g/mol. The molecule has 1 amide bonds. The normalized spacial score (nSPS) is 15.2. The van der Waals surface area contributed by atoms with E-state index < -0.39 is 17.2 Å². The smallest absolute Gasteiger partial charge is 0.326 e. The van der Waals surface area contributed by atoms with Gasteiger partial charge in [-0.3, -0.25) is 19.3 Å². The van der Waals surface area contributed by atoms with Crippen molar-refractivity contribution in [2.24, 2.45) is 0 Å². The van der Waals surface area contributed by atoms with Crippen molar-refractivity contribution in [2.75, 3.05) is 5.73 Å². The maximum absolute atomic E-state index is 12.5. The quantitative estimate of drug-likeness (QED) is 0.512. The molecule has 9 heteroatoms. The van der Waals surface area contributed by atoms with Crippen molar-refractivity contribution in [3.63, 3.8) is 0 Å². The van der Waals surface area contributed by atoms with E-state index in [-0.39, 0.29) is 17.4 Å². The molecule has 0 saturated heterocycles. The highest BCUT2D eigenvalue weighted by atomic mass is 16.2. The lowest BCUT2D eigenvalue weighted by Crippen LogP contribution is -2.34. The maximum Gasteiger partial charge on any atom is 0.326 e. The van der Waals surface area contributed by atoms with E-state index in [9.17, 15) is 14.4 Å². The summed E-state index contributed by atoms with van der Waals surface area (Å²) in [6, 6.07) is 7.92. The summed E-state index contributed by atoms with van der Waals surface area (Å²) in [4.78, 5) is 39.9. The van der Waals surface area contributed by atoms with Gasteiger partial charge in [0.1, 0.15) is 11.4 Å². The van der Waals surface area contributed by atoms with Crippen LogP contribution in [0.15, 0.2) is 46.2 Å². The van der Waals surface area contributed by atoms with Gasteiger partial charge in [-0.1, -0.05) is 31.0 Å². The summed E-state index contributed by atoms with van der Waals surface area (Å²) in [5.74, 6) is -0.623. The molecule has 1 aromatic carbocycles. The van der Waals surface area contributed by atoms with E-state index in [2.05, 4.69) is 21.6 Å². The fourth-order valence-electron chi connectivity index (χ4n) is 3.87. The number of amides is 1. The number of aromatic nitrogens is 4. The van der Waals surface area contributed by atoms with E-state index in [1.807, 2.05) is 47.1 Å². The maximum atomic E-state index is 12.5. The molecule has 1 aliphatic carbocycles. The third-order valence-electron chi connectivity index (χ3n) is 5.57. The minimum atomic E-state index is -0.794. The van der Waals surface area contributed by atoms with Crippen LogP contribution in [-0.2, 0) is 0 Å². The number of nitrogens with two attached hydrogens (primary N) is 1. The van der Waals surface area contributed by atoms with Crippen LogP contribution in [-0.4, -0.2) is 25.7 Å². The van der Waals surface area contributed by atoms with Crippen molar-refractivity contribution in [1.29, 1.82) is 0 Å². The number of anilines is 1. The largest absolute Gasteiger partial charge is 0.392 e. The summed E-state index contributed by atoms with van der Waals surface area (Å²) < 4.78 is 2.05. The molecule has 0 bridgehead atoms. The summed E-state index contributed by atoms with van der Waals surface area (Å²) in [5.41, 5.74) is 6.38. The van der Waals surface area contributed by atoms with E-state index in [0.717, 1.165) is 29.5 Å². The zero-order valence-corrected chi connectivity index (χ0v) is 16.6. The summed E-state index contributed by atoms with van der Waals surface area (Å²) in [6.07, 6.45) is 8.75. The fraction of sp³-hybridized carbons (Fsp3) is 0.333. The SMILES string of the molecule is CC(NC(=O)c1[nH]c(=O)[nH]c(=O)c1N)c1cccc(-c2cnn(C3CCCC3)c2)c1. The van der Waals surface area contributed by atoms with Gasteiger partial charge in [-0.25, -0.2) is 4.79 Å². The van der Waals surface area contributed by atoms with Crippen LogP contribution in [0.1, 0.15) is 60.7 Å². The van der Waals surface area contributed by atoms with E-state index in [1.54, 1.807) is 0 Å². The van der Waals surface area contributed by atoms with Crippen molar-refractivity contribution in [1.82, 2.24) is 25.1 Å². The van der Waals surface area contributed by atoms with Gasteiger partial charge < -0.3 is 16.0 Å². The number of carbonyl (C=O) groups excluding carboxylic acids is 1. The number of carbonyl (C=O) groups is 1. The molecule has 4 rings (SSSR count). The van der Waals surface area contributed by atoms with E-state index in [1.165, 1.54) is 12.8 Å². The number of nitrogen functional groups attached to an aromatic ring is 1. The highest BCUT2D eigenvalue weighted by molar-refractivity contribution is 5.97. The fourth-order valence-corrected chi connectivity index (χ4v) is 3.87. The molecule has 0 spiro atoms. The van der Waals surface area contributed by atoms with E-state index in [0.29, 0.717) is 6.04 Å². The van der Waals surface area contributed by atoms with Gasteiger partial charge in [0.05, 0.1) is 18.3 Å². The number of hydrogen-bond acceptors (Lipinski definition) is 5. The Kier molecular flexibility index (Phi) is 5.26. The van der Waals surface area contributed by atoms with Crippen LogP contribution in [0.4, 0.5) is 5.69 Å². The Morgan fingerprint density at radius 3 is 2.77 bits per heavy atom. The highest BCUT2D eigenvalue weighted by Crippen LogP contribution is 2.31. The first-order valence-electron chi connectivity index (χ1n) is 10.00. The Bertz CT molecular complexity index is 1190. The molecule has 9 nitrogen and oxygen atoms in total. The Morgan fingerprint density at radius 1 is 1.23 bits per heavy atom.